The highest BCUT2D eigenvalue weighted by Gasteiger charge is 2.13. The molecule has 1 aromatic carbocycles. The van der Waals surface area contributed by atoms with Gasteiger partial charge in [0.2, 0.25) is 0 Å². The van der Waals surface area contributed by atoms with E-state index in [1.807, 2.05) is 0 Å². The monoisotopic (exact) mass is 278 g/mol. The molecule has 2 aromatic rings. The summed E-state index contributed by atoms with van der Waals surface area (Å²) in [4.78, 5) is 23.4. The van der Waals surface area contributed by atoms with Crippen LogP contribution in [0.2, 0.25) is 5.02 Å². The van der Waals surface area contributed by atoms with E-state index in [-0.39, 0.29) is 5.76 Å². The van der Waals surface area contributed by atoms with Gasteiger partial charge >= 0.3 is 5.91 Å². The van der Waals surface area contributed by atoms with Crippen LogP contribution in [0.1, 0.15) is 26.5 Å². The Morgan fingerprint density at radius 2 is 1.68 bits per heavy atom. The first-order valence-electron chi connectivity index (χ1n) is 5.48. The molecule has 1 heterocycles. The summed E-state index contributed by atoms with van der Waals surface area (Å²) in [5, 5.41) is 0.534. The van der Waals surface area contributed by atoms with Crippen LogP contribution in [0.5, 0.6) is 0 Å². The number of nitrogens with one attached hydrogen (secondary N) is 2. The summed E-state index contributed by atoms with van der Waals surface area (Å²) in [5.41, 5.74) is 5.65. The number of carbonyl (C=O) groups is 2. The maximum Gasteiger partial charge on any atom is 0.305 e. The van der Waals surface area contributed by atoms with Crippen LogP contribution in [0.3, 0.4) is 0 Å². The van der Waals surface area contributed by atoms with E-state index in [1.165, 1.54) is 6.26 Å². The van der Waals surface area contributed by atoms with Gasteiger partial charge in [0, 0.05) is 16.1 Å². The van der Waals surface area contributed by atoms with Gasteiger partial charge in [0.1, 0.15) is 0 Å². The second-order valence-corrected chi connectivity index (χ2v) is 4.28. The van der Waals surface area contributed by atoms with Crippen molar-refractivity contribution in [2.24, 2.45) is 0 Å². The number of aryl methyl sites for hydroxylation is 1. The Labute approximate surface area is 114 Å². The van der Waals surface area contributed by atoms with Gasteiger partial charge in [-0.05, 0) is 37.3 Å². The summed E-state index contributed by atoms with van der Waals surface area (Å²) in [5.74, 6) is -0.782. The van der Waals surface area contributed by atoms with Gasteiger partial charge in [0.15, 0.2) is 5.76 Å². The molecule has 0 radical (unpaired) electrons. The standard InChI is InChI=1S/C13H11ClN2O3/c1-8-6-7-19-11(8)13(18)16-15-12(17)9-2-4-10(14)5-3-9/h2-7H,1H3,(H,15,17)(H,16,18). The molecule has 0 aliphatic rings. The fourth-order valence-electron chi connectivity index (χ4n) is 1.45. The van der Waals surface area contributed by atoms with Crippen LogP contribution < -0.4 is 10.9 Å². The molecular formula is C13H11ClN2O3. The van der Waals surface area contributed by atoms with Crippen LogP contribution >= 0.6 is 11.6 Å². The number of furan rings is 1. The molecule has 6 heteroatoms. The molecule has 0 spiro atoms. The lowest BCUT2D eigenvalue weighted by molar-refractivity contribution is 0.0830. The van der Waals surface area contributed by atoms with Crippen molar-refractivity contribution in [1.29, 1.82) is 0 Å². The third-order valence-corrected chi connectivity index (χ3v) is 2.72. The number of carbonyl (C=O) groups excluding carboxylic acids is 2. The Balaban J connectivity index is 1.96. The van der Waals surface area contributed by atoms with Crippen molar-refractivity contribution >= 4 is 23.4 Å². The third kappa shape index (κ3) is 3.14. The lowest BCUT2D eigenvalue weighted by atomic mass is 10.2. The van der Waals surface area contributed by atoms with Gasteiger partial charge in [-0.1, -0.05) is 11.6 Å². The van der Waals surface area contributed by atoms with Gasteiger partial charge in [-0.2, -0.15) is 0 Å². The fraction of sp³-hybridized carbons (Fsp3) is 0.0769. The molecule has 1 aromatic heterocycles. The van der Waals surface area contributed by atoms with Crippen molar-refractivity contribution in [2.45, 2.75) is 6.92 Å². The number of halogens is 1. The first-order chi connectivity index (χ1) is 9.08. The highest BCUT2D eigenvalue weighted by atomic mass is 35.5. The molecule has 0 saturated carbocycles. The van der Waals surface area contributed by atoms with Crippen LogP contribution in [0.15, 0.2) is 41.0 Å². The van der Waals surface area contributed by atoms with Crippen molar-refractivity contribution in [2.75, 3.05) is 0 Å². The lowest BCUT2D eigenvalue weighted by Crippen LogP contribution is -2.41. The first kappa shape index (κ1) is 13.2. The number of hydrazine groups is 1. The van der Waals surface area contributed by atoms with Crippen molar-refractivity contribution in [3.8, 4) is 0 Å². The number of hydrogen-bond acceptors (Lipinski definition) is 3. The van der Waals surface area contributed by atoms with Crippen LogP contribution in [-0.2, 0) is 0 Å². The Hall–Kier alpha value is -2.27. The number of rotatable bonds is 2. The van der Waals surface area contributed by atoms with E-state index in [2.05, 4.69) is 10.9 Å². The number of amides is 2. The third-order valence-electron chi connectivity index (χ3n) is 2.46. The van der Waals surface area contributed by atoms with E-state index < -0.39 is 11.8 Å². The maximum absolute atomic E-state index is 11.7. The number of hydrogen-bond donors (Lipinski definition) is 2. The summed E-state index contributed by atoms with van der Waals surface area (Å²) in [6, 6.07) is 7.96. The molecule has 0 atom stereocenters. The summed E-state index contributed by atoms with van der Waals surface area (Å²) < 4.78 is 5.00. The predicted octanol–water partition coefficient (Wildman–Crippen LogP) is 2.32. The minimum absolute atomic E-state index is 0.163. The van der Waals surface area contributed by atoms with Crippen LogP contribution in [0.4, 0.5) is 0 Å². The van der Waals surface area contributed by atoms with Crippen LogP contribution in [-0.4, -0.2) is 11.8 Å². The van der Waals surface area contributed by atoms with Crippen LogP contribution in [0, 0.1) is 6.92 Å². The molecule has 5 nitrogen and oxygen atoms in total. The molecule has 2 amide bonds. The van der Waals surface area contributed by atoms with Gasteiger partial charge in [0.25, 0.3) is 5.91 Å². The Kier molecular flexibility index (Phi) is 3.87. The summed E-state index contributed by atoms with van der Waals surface area (Å²) in [6.07, 6.45) is 1.41. The largest absolute Gasteiger partial charge is 0.459 e. The SMILES string of the molecule is Cc1ccoc1C(=O)NNC(=O)c1ccc(Cl)cc1. The van der Waals surface area contributed by atoms with E-state index in [9.17, 15) is 9.59 Å². The summed E-state index contributed by atoms with van der Waals surface area (Å²) in [6.45, 7) is 1.74. The molecule has 2 rings (SSSR count). The first-order valence-corrected chi connectivity index (χ1v) is 5.86. The zero-order chi connectivity index (χ0) is 13.8. The summed E-state index contributed by atoms with van der Waals surface area (Å²) in [7, 11) is 0. The van der Waals surface area contributed by atoms with Gasteiger partial charge in [-0.3, -0.25) is 20.4 Å². The molecule has 0 aliphatic heterocycles. The lowest BCUT2D eigenvalue weighted by Gasteiger charge is -2.06. The molecular weight excluding hydrogens is 268 g/mol. The minimum Gasteiger partial charge on any atom is -0.459 e. The van der Waals surface area contributed by atoms with Crippen LogP contribution in [0.25, 0.3) is 0 Å². The van der Waals surface area contributed by atoms with Gasteiger partial charge in [-0.15, -0.1) is 0 Å². The molecule has 19 heavy (non-hydrogen) atoms. The topological polar surface area (TPSA) is 71.3 Å². The number of benzene rings is 1. The molecule has 2 N–H and O–H groups in total. The maximum atomic E-state index is 11.7. The highest BCUT2D eigenvalue weighted by Crippen LogP contribution is 2.09. The van der Waals surface area contributed by atoms with Gasteiger partial charge in [-0.25, -0.2) is 0 Å². The quantitative estimate of drug-likeness (QED) is 0.828. The smallest absolute Gasteiger partial charge is 0.305 e. The molecule has 0 unspecified atom stereocenters. The normalized spacial score (nSPS) is 10.0. The fourth-order valence-corrected chi connectivity index (χ4v) is 1.58. The Bertz CT molecular complexity index is 605. The Morgan fingerprint density at radius 3 is 2.26 bits per heavy atom. The molecule has 98 valence electrons. The minimum atomic E-state index is -0.509. The molecule has 0 fully saturated rings. The Morgan fingerprint density at radius 1 is 1.05 bits per heavy atom. The van der Waals surface area contributed by atoms with Crippen molar-refractivity contribution in [1.82, 2.24) is 10.9 Å². The van der Waals surface area contributed by atoms with E-state index >= 15 is 0 Å². The van der Waals surface area contributed by atoms with E-state index in [0.29, 0.717) is 16.1 Å². The average molecular weight is 279 g/mol. The van der Waals surface area contributed by atoms with Gasteiger partial charge < -0.3 is 4.42 Å². The van der Waals surface area contributed by atoms with Crippen molar-refractivity contribution < 1.29 is 14.0 Å². The molecule has 0 aliphatic carbocycles. The van der Waals surface area contributed by atoms with E-state index in [4.69, 9.17) is 16.0 Å². The van der Waals surface area contributed by atoms with Crippen molar-refractivity contribution in [3.05, 3.63) is 58.5 Å². The second kappa shape index (κ2) is 5.58. The zero-order valence-corrected chi connectivity index (χ0v) is 10.8. The zero-order valence-electron chi connectivity index (χ0n) is 10.1. The molecule has 0 saturated heterocycles. The summed E-state index contributed by atoms with van der Waals surface area (Å²) >= 11 is 5.71. The van der Waals surface area contributed by atoms with Crippen molar-refractivity contribution in [3.63, 3.8) is 0 Å². The second-order valence-electron chi connectivity index (χ2n) is 3.85. The van der Waals surface area contributed by atoms with E-state index in [1.54, 1.807) is 37.3 Å². The van der Waals surface area contributed by atoms with Gasteiger partial charge in [0.05, 0.1) is 6.26 Å². The predicted molar refractivity (Wildman–Crippen MR) is 69.8 cm³/mol. The van der Waals surface area contributed by atoms with E-state index in [0.717, 1.165) is 0 Å². The average Bonchev–Trinajstić information content (AvgIpc) is 2.83. The molecule has 0 bridgehead atoms. The highest BCUT2D eigenvalue weighted by molar-refractivity contribution is 6.30.